The van der Waals surface area contributed by atoms with Crippen LogP contribution in [0.2, 0.25) is 0 Å². The van der Waals surface area contributed by atoms with Crippen molar-refractivity contribution in [2.24, 2.45) is 11.7 Å². The van der Waals surface area contributed by atoms with Crippen LogP contribution < -0.4 is 64.9 Å². The van der Waals surface area contributed by atoms with Gasteiger partial charge in [0.1, 0.15) is 18.1 Å². The molecule has 3 heterocycles. The quantitative estimate of drug-likeness (QED) is 0.00832. The monoisotopic (exact) mass is 1280 g/mol. The van der Waals surface area contributed by atoms with E-state index in [4.69, 9.17) is 16.9 Å². The number of aromatic amines is 1. The van der Waals surface area contributed by atoms with Gasteiger partial charge in [0.05, 0.1) is 31.3 Å². The summed E-state index contributed by atoms with van der Waals surface area (Å²) in [5.41, 5.74) is 13.1. The third kappa shape index (κ3) is 24.9. The summed E-state index contributed by atoms with van der Waals surface area (Å²) in [6, 6.07) is 8.31. The molecule has 0 unspecified atom stereocenters. The van der Waals surface area contributed by atoms with E-state index < -0.39 is 120 Å². The number of H-pyrrole nitrogens is 1. The van der Waals surface area contributed by atoms with Gasteiger partial charge in [-0.3, -0.25) is 48.7 Å². The number of benzene rings is 2. The van der Waals surface area contributed by atoms with Crippen LogP contribution in [0.15, 0.2) is 78.0 Å². The summed E-state index contributed by atoms with van der Waals surface area (Å²) in [7, 11) is 3.31. The Kier molecular flexibility index (Phi) is 28.5. The number of hydrogen-bond donors (Lipinski definition) is 15. The van der Waals surface area contributed by atoms with Crippen molar-refractivity contribution in [2.45, 2.75) is 134 Å². The Morgan fingerprint density at radius 2 is 1.33 bits per heavy atom. The number of guanidine groups is 1. The Bertz CT molecular complexity index is 3390. The van der Waals surface area contributed by atoms with Crippen molar-refractivity contribution in [1.82, 2.24) is 72.4 Å². The number of aliphatic carboxylic acids is 2. The van der Waals surface area contributed by atoms with E-state index in [0.717, 1.165) is 5.56 Å². The van der Waals surface area contributed by atoms with E-state index in [1.54, 1.807) is 50.2 Å². The van der Waals surface area contributed by atoms with Crippen molar-refractivity contribution < 1.29 is 58.1 Å². The Morgan fingerprint density at radius 1 is 0.689 bits per heavy atom. The zero-order valence-corrected chi connectivity index (χ0v) is 51.3. The predicted molar refractivity (Wildman–Crippen MR) is 334 cm³/mol. The number of rotatable bonds is 37. The molecule has 7 amide bonds. The molecule has 0 aliphatic carbocycles. The average Bonchev–Trinajstić information content (AvgIpc) is 1.04. The molecule has 2 aromatic carbocycles. The fourth-order valence-corrected chi connectivity index (χ4v) is 10.8. The number of carboxylic acids is 2. The van der Waals surface area contributed by atoms with Crippen LogP contribution >= 0.6 is 21.6 Å². The minimum absolute atomic E-state index is 0.0187. The number of nitrogen functional groups attached to an aromatic ring is 1. The van der Waals surface area contributed by atoms with Gasteiger partial charge in [0, 0.05) is 42.1 Å². The Hall–Kier alpha value is -9.60. The Balaban J connectivity index is 1.10. The normalized spacial score (nSPS) is 13.3. The molecule has 34 heteroatoms. The van der Waals surface area contributed by atoms with Gasteiger partial charge < -0.3 is 58.9 Å². The van der Waals surface area contributed by atoms with Crippen LogP contribution in [0.3, 0.4) is 0 Å². The van der Waals surface area contributed by atoms with Gasteiger partial charge in [0.2, 0.25) is 29.6 Å². The number of carbonyl (C=O) groups is 9. The summed E-state index contributed by atoms with van der Waals surface area (Å²) < 4.78 is 11.7. The second-order valence-corrected chi connectivity index (χ2v) is 23.7. The van der Waals surface area contributed by atoms with E-state index in [9.17, 15) is 62.9 Å². The molecule has 17 N–H and O–H groups in total. The van der Waals surface area contributed by atoms with E-state index in [1.807, 2.05) is 32.0 Å². The maximum atomic E-state index is 13.9. The van der Waals surface area contributed by atoms with Crippen molar-refractivity contribution in [2.75, 3.05) is 23.3 Å². The molecule has 0 fully saturated rings. The first-order valence-corrected chi connectivity index (χ1v) is 30.9. The van der Waals surface area contributed by atoms with Gasteiger partial charge in [-0.05, 0) is 57.4 Å². The summed E-state index contributed by atoms with van der Waals surface area (Å²) in [6.45, 7) is 7.32. The van der Waals surface area contributed by atoms with Crippen molar-refractivity contribution in [3.05, 3.63) is 112 Å². The molecular weight excluding hydrogens is 1210 g/mol. The van der Waals surface area contributed by atoms with Crippen molar-refractivity contribution in [1.29, 1.82) is 5.41 Å². The van der Waals surface area contributed by atoms with Gasteiger partial charge >= 0.3 is 187 Å². The molecule has 5 aromatic rings. The van der Waals surface area contributed by atoms with Crippen LogP contribution in [0, 0.1) is 11.3 Å². The number of nitrogens with zero attached hydrogens (tertiary/aromatic N) is 5. The van der Waals surface area contributed by atoms with E-state index in [0.29, 0.717) is 36.4 Å². The van der Waals surface area contributed by atoms with Gasteiger partial charge in [0.25, 0.3) is 11.5 Å². The second-order valence-electron chi connectivity index (χ2n) is 21.2. The number of carboxylic acid groups (broad SMARTS) is 2. The van der Waals surface area contributed by atoms with Crippen LogP contribution in [-0.2, 0) is 57.0 Å². The molecule has 0 saturated heterocycles. The number of nitrogens with two attached hydrogens (primary N) is 2. The van der Waals surface area contributed by atoms with E-state index in [-0.39, 0.29) is 85.2 Å². The SMILES string of the molecule is CC(C)C[C@@H](B=O)NC(=O)[C@H](Cc1ccccc1)NC(=O)c1cnc(CSSC[C@@H](C)NC(=O)[C@H](CC(=O)O)NC(=O)[C@H](CCCNC(=N)N)NC(=O)[C@H](CC(=O)O)NC(=O)CC[C@@H](C)NC(=O)c2ccc(NCc3cnc4nc(N)[nH]c(=O)c4n3)cc2)cn1. The number of aromatic nitrogens is 6. The van der Waals surface area contributed by atoms with Crippen LogP contribution in [0.4, 0.5) is 11.6 Å². The van der Waals surface area contributed by atoms with Crippen molar-refractivity contribution in [3.63, 3.8) is 0 Å². The average molecular weight is 1280 g/mol. The molecule has 0 bridgehead atoms. The van der Waals surface area contributed by atoms with Crippen molar-refractivity contribution >= 4 is 111 Å². The first-order chi connectivity index (χ1) is 42.8. The molecule has 0 spiro atoms. The third-order valence-electron chi connectivity index (χ3n) is 13.0. The van der Waals surface area contributed by atoms with E-state index >= 15 is 0 Å². The Labute approximate surface area is 524 Å². The second kappa shape index (κ2) is 36.0. The molecule has 5 rings (SSSR count). The first kappa shape index (κ1) is 71.2. The molecule has 0 aliphatic rings. The Morgan fingerprint density at radius 3 is 1.98 bits per heavy atom. The molecule has 3 aromatic heterocycles. The predicted octanol–water partition coefficient (Wildman–Crippen LogP) is 0.228. The molecule has 31 nitrogen and oxygen atoms in total. The summed E-state index contributed by atoms with van der Waals surface area (Å²) in [5, 5.41) is 50.6. The molecule has 480 valence electrons. The number of nitrogens with one attached hydrogen (secondary N) is 11. The van der Waals surface area contributed by atoms with Crippen LogP contribution in [0.5, 0.6) is 0 Å². The summed E-state index contributed by atoms with van der Waals surface area (Å²) >= 11 is 0. The summed E-state index contributed by atoms with van der Waals surface area (Å²) in [5.74, 6) is -8.88. The molecule has 0 saturated carbocycles. The number of carbonyl (C=O) groups excluding carboxylic acids is 7. The number of hydrogen-bond acceptors (Lipinski definition) is 21. The van der Waals surface area contributed by atoms with Crippen molar-refractivity contribution in [3.8, 4) is 0 Å². The molecular formula is C56H73BN18O13S2. The minimum atomic E-state index is -1.72. The zero-order chi connectivity index (χ0) is 65.9. The van der Waals surface area contributed by atoms with Crippen LogP contribution in [0.1, 0.15) is 110 Å². The topological polar surface area (TPSA) is 493 Å². The molecule has 0 radical (unpaired) electrons. The zero-order valence-electron chi connectivity index (χ0n) is 49.7. The van der Waals surface area contributed by atoms with Gasteiger partial charge in [-0.15, -0.1) is 0 Å². The standard InChI is InChI=1S/C56H73BN18O13S2/c1-29(2)19-42(57-88)73-52(85)38(20-32-9-6-5-7-10-32)71-53(86)41-26-63-36(25-64-41)28-90-89-27-31(4)67-50(83)40(22-45(79)80)72-49(82)37(11-8-18-61-55(58)59)70-51(84)39(21-44(77)78)69-43(76)17-12-30(3)66-48(81)33-13-15-34(16-14-33)62-23-35-24-65-47-46(68-35)54(87)75-56(60)74-47/h5-7,9-10,13-16,24-26,29-31,37-40,42,62H,8,11-12,17-23,27-28H2,1-4H3,(H,66,81)(H,67,83)(H,69,76)(H,70,84)(H,71,86)(H,72,82)(H,73,85)(H,77,78)(H,79,80)(H4,58,59,61)(H3,60,65,74,75,87)/t30-,31-,37+,38+,39+,40+,42+/m1/s1. The van der Waals surface area contributed by atoms with Gasteiger partial charge in [-0.2, -0.15) is 4.98 Å². The fraction of sp³-hybridized carbons (Fsp3) is 0.429. The van der Waals surface area contributed by atoms with E-state index in [1.165, 1.54) is 40.2 Å². The number of amides is 7. The van der Waals surface area contributed by atoms with E-state index in [2.05, 4.69) is 77.8 Å². The summed E-state index contributed by atoms with van der Waals surface area (Å²) in [6.07, 6.45) is 2.52. The maximum absolute atomic E-state index is 13.9. The molecule has 0 aliphatic heterocycles. The molecule has 7 atom stereocenters. The fourth-order valence-electron chi connectivity index (χ4n) is 8.51. The number of anilines is 2. The third-order valence-corrected chi connectivity index (χ3v) is 15.5. The first-order valence-electron chi connectivity index (χ1n) is 28.4. The van der Waals surface area contributed by atoms with Crippen LogP contribution in [-0.4, -0.2) is 161 Å². The van der Waals surface area contributed by atoms with Gasteiger partial charge in [-0.1, -0.05) is 10.8 Å². The van der Waals surface area contributed by atoms with Gasteiger partial charge in [0.15, 0.2) is 17.1 Å². The number of fused-ring (bicyclic) bond motifs is 1. The van der Waals surface area contributed by atoms with Crippen LogP contribution in [0.25, 0.3) is 11.2 Å². The molecule has 90 heavy (non-hydrogen) atoms. The summed E-state index contributed by atoms with van der Waals surface area (Å²) in [4.78, 5) is 154. The van der Waals surface area contributed by atoms with Gasteiger partial charge in [-0.25, -0.2) is 9.97 Å².